The molecular weight excluding hydrogens is 266 g/mol. The van der Waals surface area contributed by atoms with Crippen LogP contribution in [0.1, 0.15) is 31.4 Å². The van der Waals surface area contributed by atoms with Crippen molar-refractivity contribution in [2.45, 2.75) is 40.2 Å². The Morgan fingerprint density at radius 1 is 1.19 bits per heavy atom. The van der Waals surface area contributed by atoms with E-state index in [9.17, 15) is 4.79 Å². The minimum Gasteiger partial charge on any atom is -0.492 e. The first-order valence-electron chi connectivity index (χ1n) is 7.44. The maximum absolute atomic E-state index is 11.7. The van der Waals surface area contributed by atoms with Crippen LogP contribution < -0.4 is 10.1 Å². The van der Waals surface area contributed by atoms with Gasteiger partial charge in [-0.05, 0) is 49.4 Å². The van der Waals surface area contributed by atoms with E-state index in [1.165, 1.54) is 18.2 Å². The molecule has 0 saturated heterocycles. The topological polar surface area (TPSA) is 47.6 Å². The number of ether oxygens (including phenoxy) is 2. The van der Waals surface area contributed by atoms with E-state index in [4.69, 9.17) is 9.47 Å². The second kappa shape index (κ2) is 8.67. The number of aryl methyl sites for hydroxylation is 2. The van der Waals surface area contributed by atoms with Gasteiger partial charge >= 0.3 is 5.97 Å². The van der Waals surface area contributed by atoms with Crippen molar-refractivity contribution >= 4 is 5.97 Å². The molecule has 0 aliphatic rings. The van der Waals surface area contributed by atoms with E-state index in [0.717, 1.165) is 12.2 Å². The second-order valence-electron chi connectivity index (χ2n) is 5.83. The van der Waals surface area contributed by atoms with Crippen LogP contribution in [0.25, 0.3) is 0 Å². The number of carbonyl (C=O) groups excluding carboxylic acids is 1. The molecule has 1 rings (SSSR count). The highest BCUT2D eigenvalue weighted by molar-refractivity contribution is 5.75. The van der Waals surface area contributed by atoms with E-state index in [1.807, 2.05) is 26.0 Å². The third-order valence-electron chi connectivity index (χ3n) is 3.15. The number of carbonyl (C=O) groups is 1. The van der Waals surface area contributed by atoms with Gasteiger partial charge in [-0.2, -0.15) is 0 Å². The van der Waals surface area contributed by atoms with Crippen LogP contribution >= 0.6 is 0 Å². The fourth-order valence-electron chi connectivity index (χ4n) is 2.29. The first-order valence-corrected chi connectivity index (χ1v) is 7.44. The molecule has 1 unspecified atom stereocenters. The molecule has 0 radical (unpaired) electrons. The molecule has 0 aliphatic carbocycles. The smallest absolute Gasteiger partial charge is 0.322 e. The van der Waals surface area contributed by atoms with Crippen molar-refractivity contribution in [3.8, 4) is 5.75 Å². The van der Waals surface area contributed by atoms with Crippen molar-refractivity contribution in [2.75, 3.05) is 20.3 Å². The molecule has 4 heteroatoms. The van der Waals surface area contributed by atoms with Crippen molar-refractivity contribution in [3.63, 3.8) is 0 Å². The van der Waals surface area contributed by atoms with Crippen LogP contribution in [0.15, 0.2) is 18.2 Å². The lowest BCUT2D eigenvalue weighted by Gasteiger charge is -2.18. The number of benzene rings is 1. The van der Waals surface area contributed by atoms with Crippen LogP contribution in [0.2, 0.25) is 0 Å². The number of hydrogen-bond acceptors (Lipinski definition) is 4. The first kappa shape index (κ1) is 17.5. The summed E-state index contributed by atoms with van der Waals surface area (Å²) in [5, 5.41) is 3.20. The Labute approximate surface area is 127 Å². The Morgan fingerprint density at radius 2 is 1.81 bits per heavy atom. The van der Waals surface area contributed by atoms with Crippen LogP contribution in [0.5, 0.6) is 5.75 Å². The molecule has 4 nitrogen and oxygen atoms in total. The molecule has 0 amide bonds. The quantitative estimate of drug-likeness (QED) is 0.591. The van der Waals surface area contributed by atoms with E-state index < -0.39 is 0 Å². The third kappa shape index (κ3) is 6.63. The van der Waals surface area contributed by atoms with Gasteiger partial charge in [0.2, 0.25) is 0 Å². The number of nitrogens with one attached hydrogen (secondary N) is 1. The second-order valence-corrected chi connectivity index (χ2v) is 5.83. The van der Waals surface area contributed by atoms with Crippen molar-refractivity contribution < 1.29 is 14.3 Å². The van der Waals surface area contributed by atoms with E-state index in [2.05, 4.69) is 25.2 Å². The Bertz CT molecular complexity index is 437. The summed E-state index contributed by atoms with van der Waals surface area (Å²) in [6.45, 7) is 9.41. The predicted octanol–water partition coefficient (Wildman–Crippen LogP) is 2.86. The van der Waals surface area contributed by atoms with E-state index >= 15 is 0 Å². The van der Waals surface area contributed by atoms with Crippen LogP contribution in [0.3, 0.4) is 0 Å². The molecule has 21 heavy (non-hydrogen) atoms. The van der Waals surface area contributed by atoms with Crippen LogP contribution in [-0.4, -0.2) is 32.3 Å². The molecule has 0 bridgehead atoms. The fraction of sp³-hybridized carbons (Fsp3) is 0.588. The molecular formula is C17H27NO3. The first-order chi connectivity index (χ1) is 9.92. The summed E-state index contributed by atoms with van der Waals surface area (Å²) in [4.78, 5) is 11.7. The van der Waals surface area contributed by atoms with Crippen LogP contribution in [0.4, 0.5) is 0 Å². The highest BCUT2D eigenvalue weighted by atomic mass is 16.5. The van der Waals surface area contributed by atoms with E-state index in [1.54, 1.807) is 0 Å². The monoisotopic (exact) mass is 293 g/mol. The maximum Gasteiger partial charge on any atom is 0.322 e. The van der Waals surface area contributed by atoms with Crippen molar-refractivity contribution in [1.82, 2.24) is 5.32 Å². The summed E-state index contributed by atoms with van der Waals surface area (Å²) in [6, 6.07) is 5.87. The van der Waals surface area contributed by atoms with Crippen molar-refractivity contribution in [1.29, 1.82) is 0 Å². The van der Waals surface area contributed by atoms with E-state index in [-0.39, 0.29) is 12.0 Å². The normalized spacial score (nSPS) is 12.3. The predicted molar refractivity (Wildman–Crippen MR) is 84.7 cm³/mol. The van der Waals surface area contributed by atoms with E-state index in [0.29, 0.717) is 19.1 Å². The molecule has 0 aromatic heterocycles. The molecule has 1 aromatic rings. The van der Waals surface area contributed by atoms with Crippen LogP contribution in [-0.2, 0) is 9.53 Å². The lowest BCUT2D eigenvalue weighted by molar-refractivity contribution is -0.143. The summed E-state index contributed by atoms with van der Waals surface area (Å²) in [5.74, 6) is 1.09. The highest BCUT2D eigenvalue weighted by Gasteiger charge is 2.19. The largest absolute Gasteiger partial charge is 0.492 e. The molecule has 1 N–H and O–H groups in total. The SMILES string of the molecule is COC(=O)C(CC(C)C)NCCOc1cc(C)cc(C)c1. The van der Waals surface area contributed by atoms with Gasteiger partial charge in [0.05, 0.1) is 7.11 Å². The zero-order chi connectivity index (χ0) is 15.8. The standard InChI is InChI=1S/C17H27NO3/c1-12(2)8-16(17(19)20-5)18-6-7-21-15-10-13(3)9-14(4)11-15/h9-12,16,18H,6-8H2,1-5H3. The summed E-state index contributed by atoms with van der Waals surface area (Å²) < 4.78 is 10.5. The van der Waals surface area contributed by atoms with Gasteiger partial charge in [-0.25, -0.2) is 0 Å². The Hall–Kier alpha value is -1.55. The molecule has 0 aliphatic heterocycles. The van der Waals surface area contributed by atoms with Gasteiger partial charge in [-0.1, -0.05) is 19.9 Å². The fourth-order valence-corrected chi connectivity index (χ4v) is 2.29. The number of rotatable bonds is 8. The average molecular weight is 293 g/mol. The van der Waals surface area contributed by atoms with Gasteiger partial charge in [-0.15, -0.1) is 0 Å². The van der Waals surface area contributed by atoms with Crippen LogP contribution in [0, 0.1) is 19.8 Å². The van der Waals surface area contributed by atoms with Gasteiger partial charge < -0.3 is 14.8 Å². The Kier molecular flexibility index (Phi) is 7.23. The zero-order valence-electron chi connectivity index (χ0n) is 13.7. The Morgan fingerprint density at radius 3 is 2.33 bits per heavy atom. The van der Waals surface area contributed by atoms with Gasteiger partial charge in [0.15, 0.2) is 0 Å². The number of esters is 1. The Balaban J connectivity index is 2.41. The lowest BCUT2D eigenvalue weighted by atomic mass is 10.0. The van der Waals surface area contributed by atoms with Crippen molar-refractivity contribution in [3.05, 3.63) is 29.3 Å². The maximum atomic E-state index is 11.7. The zero-order valence-corrected chi connectivity index (χ0v) is 13.7. The molecule has 0 saturated carbocycles. The molecule has 0 spiro atoms. The van der Waals surface area contributed by atoms with Gasteiger partial charge in [0.1, 0.15) is 18.4 Å². The molecule has 0 fully saturated rings. The minimum absolute atomic E-state index is 0.213. The summed E-state index contributed by atoms with van der Waals surface area (Å²) in [6.07, 6.45) is 0.760. The molecule has 0 heterocycles. The summed E-state index contributed by atoms with van der Waals surface area (Å²) >= 11 is 0. The van der Waals surface area contributed by atoms with Gasteiger partial charge in [-0.3, -0.25) is 4.79 Å². The number of hydrogen-bond donors (Lipinski definition) is 1. The van der Waals surface area contributed by atoms with Crippen molar-refractivity contribution in [2.24, 2.45) is 5.92 Å². The third-order valence-corrected chi connectivity index (χ3v) is 3.15. The molecule has 1 aromatic carbocycles. The lowest BCUT2D eigenvalue weighted by Crippen LogP contribution is -2.40. The average Bonchev–Trinajstić information content (AvgIpc) is 2.39. The minimum atomic E-state index is -0.266. The van der Waals surface area contributed by atoms with Gasteiger partial charge in [0, 0.05) is 6.54 Å². The van der Waals surface area contributed by atoms with Gasteiger partial charge in [0.25, 0.3) is 0 Å². The molecule has 1 atom stereocenters. The summed E-state index contributed by atoms with van der Waals surface area (Å²) in [7, 11) is 1.42. The highest BCUT2D eigenvalue weighted by Crippen LogP contribution is 2.15. The number of methoxy groups -OCH3 is 1. The summed E-state index contributed by atoms with van der Waals surface area (Å²) in [5.41, 5.74) is 2.37. The molecule has 118 valence electrons.